The molecule has 0 aliphatic carbocycles. The zero-order valence-corrected chi connectivity index (χ0v) is 24.0. The molecule has 1 amide bonds. The van der Waals surface area contributed by atoms with Gasteiger partial charge >= 0.3 is 5.91 Å². The quantitative estimate of drug-likeness (QED) is 0.137. The number of hydrogen-bond acceptors (Lipinski definition) is 9. The van der Waals surface area contributed by atoms with E-state index in [1.807, 2.05) is 19.9 Å². The first-order valence-electron chi connectivity index (χ1n) is 13.2. The third kappa shape index (κ3) is 5.30. The number of aromatic nitrogens is 1. The van der Waals surface area contributed by atoms with Gasteiger partial charge in [-0.3, -0.25) is 14.5 Å². The Balaban J connectivity index is 1.70. The lowest BCUT2D eigenvalue weighted by Gasteiger charge is -2.24. The van der Waals surface area contributed by atoms with E-state index in [1.54, 1.807) is 61.7 Å². The number of Topliss-reactive ketones (excluding diaryl/α,β-unsaturated/α-hetero) is 1. The number of ketones is 1. The van der Waals surface area contributed by atoms with Crippen LogP contribution in [0.1, 0.15) is 37.4 Å². The van der Waals surface area contributed by atoms with Crippen molar-refractivity contribution >= 4 is 44.1 Å². The van der Waals surface area contributed by atoms with Gasteiger partial charge in [0.05, 0.1) is 49.3 Å². The predicted molar refractivity (Wildman–Crippen MR) is 157 cm³/mol. The third-order valence-corrected chi connectivity index (χ3v) is 7.64. The lowest BCUT2D eigenvalue weighted by atomic mass is 9.95. The molecule has 1 aromatic heterocycles. The SMILES string of the molecule is CCCOc1cccc(C(O)=C2C(=O)C(=O)N(c3nc4ccc(OC)cc4s3)C2c2ccc(OCC)c(OC)c2)c1. The first-order chi connectivity index (χ1) is 19.9. The van der Waals surface area contributed by atoms with E-state index >= 15 is 0 Å². The van der Waals surface area contributed by atoms with Crippen molar-refractivity contribution in [2.45, 2.75) is 26.3 Å². The molecule has 0 saturated carbocycles. The molecule has 212 valence electrons. The number of carbonyl (C=O) groups excluding carboxylic acids is 2. The molecule has 0 spiro atoms. The van der Waals surface area contributed by atoms with Crippen molar-refractivity contribution in [3.63, 3.8) is 0 Å². The fourth-order valence-corrected chi connectivity index (χ4v) is 5.73. The summed E-state index contributed by atoms with van der Waals surface area (Å²) in [6.07, 6.45) is 0.814. The van der Waals surface area contributed by atoms with Gasteiger partial charge in [-0.1, -0.05) is 36.5 Å². The molecule has 2 heterocycles. The van der Waals surface area contributed by atoms with Gasteiger partial charge in [0.25, 0.3) is 5.78 Å². The summed E-state index contributed by atoms with van der Waals surface area (Å²) in [4.78, 5) is 33.3. The van der Waals surface area contributed by atoms with Gasteiger partial charge in [-0.15, -0.1) is 0 Å². The first kappa shape index (κ1) is 28.0. The summed E-state index contributed by atoms with van der Waals surface area (Å²) in [5.74, 6) is 0.207. The van der Waals surface area contributed by atoms with Crippen molar-refractivity contribution in [2.75, 3.05) is 32.3 Å². The van der Waals surface area contributed by atoms with Gasteiger partial charge in [0.1, 0.15) is 17.3 Å². The number of fused-ring (bicyclic) bond motifs is 1. The number of thiazole rings is 1. The smallest absolute Gasteiger partial charge is 0.301 e. The summed E-state index contributed by atoms with van der Waals surface area (Å²) < 4.78 is 23.1. The Kier molecular flexibility index (Phi) is 8.11. The zero-order chi connectivity index (χ0) is 29.1. The molecule has 1 atom stereocenters. The van der Waals surface area contributed by atoms with Crippen LogP contribution in [-0.4, -0.2) is 49.2 Å². The summed E-state index contributed by atoms with van der Waals surface area (Å²) in [6.45, 7) is 4.79. The summed E-state index contributed by atoms with van der Waals surface area (Å²) in [6, 6.07) is 16.4. The molecule has 0 radical (unpaired) electrons. The van der Waals surface area contributed by atoms with Crippen molar-refractivity contribution in [2.24, 2.45) is 0 Å². The van der Waals surface area contributed by atoms with Crippen molar-refractivity contribution in [3.05, 3.63) is 77.4 Å². The van der Waals surface area contributed by atoms with E-state index in [1.165, 1.54) is 23.3 Å². The highest BCUT2D eigenvalue weighted by atomic mass is 32.1. The lowest BCUT2D eigenvalue weighted by Crippen LogP contribution is -2.29. The van der Waals surface area contributed by atoms with Gasteiger partial charge in [0.2, 0.25) is 0 Å². The lowest BCUT2D eigenvalue weighted by molar-refractivity contribution is -0.132. The van der Waals surface area contributed by atoms with Crippen LogP contribution in [0.25, 0.3) is 16.0 Å². The summed E-state index contributed by atoms with van der Waals surface area (Å²) in [5.41, 5.74) is 1.48. The summed E-state index contributed by atoms with van der Waals surface area (Å²) >= 11 is 1.25. The monoisotopic (exact) mass is 574 g/mol. The Morgan fingerprint density at radius 2 is 1.78 bits per heavy atom. The maximum Gasteiger partial charge on any atom is 0.301 e. The molecule has 3 aromatic carbocycles. The average molecular weight is 575 g/mol. The van der Waals surface area contributed by atoms with Crippen LogP contribution < -0.4 is 23.8 Å². The number of ether oxygens (including phenoxy) is 4. The number of methoxy groups -OCH3 is 2. The van der Waals surface area contributed by atoms with Crippen LogP contribution in [-0.2, 0) is 9.59 Å². The van der Waals surface area contributed by atoms with Gasteiger partial charge in [-0.05, 0) is 61.4 Å². The fourth-order valence-electron chi connectivity index (χ4n) is 4.71. The number of hydrogen-bond donors (Lipinski definition) is 1. The average Bonchev–Trinajstić information content (AvgIpc) is 3.53. The van der Waals surface area contributed by atoms with E-state index in [0.29, 0.717) is 58.0 Å². The van der Waals surface area contributed by atoms with Crippen molar-refractivity contribution in [1.82, 2.24) is 4.98 Å². The Labute approximate surface area is 241 Å². The van der Waals surface area contributed by atoms with Crippen molar-refractivity contribution in [1.29, 1.82) is 0 Å². The highest BCUT2D eigenvalue weighted by molar-refractivity contribution is 7.22. The van der Waals surface area contributed by atoms with E-state index in [4.69, 9.17) is 18.9 Å². The van der Waals surface area contributed by atoms with E-state index in [9.17, 15) is 14.7 Å². The minimum Gasteiger partial charge on any atom is -0.507 e. The van der Waals surface area contributed by atoms with Crippen LogP contribution in [0, 0.1) is 0 Å². The number of anilines is 1. The van der Waals surface area contributed by atoms with E-state index in [2.05, 4.69) is 4.98 Å². The van der Waals surface area contributed by atoms with Crippen LogP contribution >= 0.6 is 11.3 Å². The minimum atomic E-state index is -0.984. The van der Waals surface area contributed by atoms with Crippen LogP contribution in [0.5, 0.6) is 23.0 Å². The molecular weight excluding hydrogens is 544 g/mol. The molecule has 10 heteroatoms. The molecule has 0 bridgehead atoms. The minimum absolute atomic E-state index is 0.0642. The second kappa shape index (κ2) is 11.9. The Morgan fingerprint density at radius 1 is 0.951 bits per heavy atom. The highest BCUT2D eigenvalue weighted by Crippen LogP contribution is 2.46. The fraction of sp³-hybridized carbons (Fsp3) is 0.258. The van der Waals surface area contributed by atoms with Gasteiger partial charge in [0.15, 0.2) is 16.6 Å². The van der Waals surface area contributed by atoms with Crippen molar-refractivity contribution in [3.8, 4) is 23.0 Å². The maximum atomic E-state index is 13.7. The van der Waals surface area contributed by atoms with Gasteiger partial charge < -0.3 is 24.1 Å². The molecule has 1 fully saturated rings. The number of aliphatic hydroxyl groups excluding tert-OH is 1. The largest absolute Gasteiger partial charge is 0.507 e. The summed E-state index contributed by atoms with van der Waals surface area (Å²) in [5, 5.41) is 11.9. The number of benzene rings is 3. The zero-order valence-electron chi connectivity index (χ0n) is 23.2. The van der Waals surface area contributed by atoms with E-state index in [-0.39, 0.29) is 11.3 Å². The second-order valence-corrected chi connectivity index (χ2v) is 10.2. The molecular formula is C31H30N2O7S. The Morgan fingerprint density at radius 3 is 2.51 bits per heavy atom. The highest BCUT2D eigenvalue weighted by Gasteiger charge is 2.48. The van der Waals surface area contributed by atoms with Gasteiger partial charge in [-0.2, -0.15) is 0 Å². The molecule has 9 nitrogen and oxygen atoms in total. The number of carbonyl (C=O) groups is 2. The number of amides is 1. The number of aliphatic hydroxyl groups is 1. The van der Waals surface area contributed by atoms with E-state index < -0.39 is 17.7 Å². The predicted octanol–water partition coefficient (Wildman–Crippen LogP) is 6.13. The van der Waals surface area contributed by atoms with Gasteiger partial charge in [0, 0.05) is 5.56 Å². The Hall–Kier alpha value is -4.57. The van der Waals surface area contributed by atoms with Gasteiger partial charge in [-0.25, -0.2) is 4.98 Å². The molecule has 1 N–H and O–H groups in total. The second-order valence-electron chi connectivity index (χ2n) is 9.22. The van der Waals surface area contributed by atoms with Crippen LogP contribution in [0.15, 0.2) is 66.2 Å². The molecule has 1 aliphatic rings. The Bertz CT molecular complexity index is 1640. The summed E-state index contributed by atoms with van der Waals surface area (Å²) in [7, 11) is 3.09. The van der Waals surface area contributed by atoms with Crippen LogP contribution in [0.4, 0.5) is 5.13 Å². The first-order valence-corrected chi connectivity index (χ1v) is 14.0. The molecule has 5 rings (SSSR count). The molecule has 1 saturated heterocycles. The third-order valence-electron chi connectivity index (χ3n) is 6.62. The number of nitrogens with zero attached hydrogens (tertiary/aromatic N) is 2. The normalized spacial score (nSPS) is 16.3. The van der Waals surface area contributed by atoms with Crippen LogP contribution in [0.2, 0.25) is 0 Å². The van der Waals surface area contributed by atoms with Crippen LogP contribution in [0.3, 0.4) is 0 Å². The molecule has 4 aromatic rings. The standard InChI is InChI=1S/C31H30N2O7S/c1-5-14-40-21-9-7-8-19(15-21)28(34)26-27(18-10-13-23(39-6-2)24(16-18)38-4)33(30(36)29(26)35)31-32-22-12-11-20(37-3)17-25(22)41-31/h7-13,15-17,27,34H,5-6,14H2,1-4H3. The van der Waals surface area contributed by atoms with Crippen molar-refractivity contribution < 1.29 is 33.6 Å². The van der Waals surface area contributed by atoms with E-state index in [0.717, 1.165) is 11.1 Å². The number of rotatable bonds is 10. The topological polar surface area (TPSA) is 107 Å². The molecule has 1 aliphatic heterocycles. The maximum absolute atomic E-state index is 13.7. The molecule has 41 heavy (non-hydrogen) atoms. The molecule has 1 unspecified atom stereocenters.